The van der Waals surface area contributed by atoms with Crippen molar-refractivity contribution in [1.82, 2.24) is 4.57 Å². The molecule has 0 aliphatic carbocycles. The molecule has 0 fully saturated rings. The van der Waals surface area contributed by atoms with Gasteiger partial charge in [0.25, 0.3) is 0 Å². The summed E-state index contributed by atoms with van der Waals surface area (Å²) in [6.45, 7) is 4.04. The Bertz CT molecular complexity index is 1950. The third-order valence-corrected chi connectivity index (χ3v) is 9.72. The number of benzene rings is 3. The number of rotatable bonds is 3. The Balaban J connectivity index is 1.83. The Hall–Kier alpha value is -3.36. The van der Waals surface area contributed by atoms with Gasteiger partial charge >= 0.3 is 212 Å². The van der Waals surface area contributed by atoms with E-state index < -0.39 is 0 Å². The molecule has 2 N–H and O–H groups in total. The Morgan fingerprint density at radius 3 is 2.37 bits per heavy atom. The summed E-state index contributed by atoms with van der Waals surface area (Å²) < 4.78 is 5.50. The zero-order valence-electron chi connectivity index (χ0n) is 19.3. The van der Waals surface area contributed by atoms with E-state index >= 15 is 0 Å². The van der Waals surface area contributed by atoms with Gasteiger partial charge in [0.1, 0.15) is 0 Å². The molecule has 0 saturated heterocycles. The van der Waals surface area contributed by atoms with Crippen molar-refractivity contribution in [1.29, 1.82) is 0 Å². The summed E-state index contributed by atoms with van der Waals surface area (Å²) in [5, 5.41) is 5.06. The zero-order valence-corrected chi connectivity index (χ0v) is 21.9. The van der Waals surface area contributed by atoms with E-state index in [0.717, 1.165) is 58.3 Å². The van der Waals surface area contributed by atoms with Crippen LogP contribution in [-0.4, -0.2) is 19.1 Å². The molecule has 0 spiro atoms. The molecule has 3 aromatic heterocycles. The van der Waals surface area contributed by atoms with Gasteiger partial charge in [-0.15, -0.1) is 0 Å². The summed E-state index contributed by atoms with van der Waals surface area (Å²) in [5.41, 5.74) is 6.36. The monoisotopic (exact) mass is 542 g/mol. The first-order valence-corrected chi connectivity index (χ1v) is 14.2. The summed E-state index contributed by atoms with van der Waals surface area (Å²) in [7, 11) is 0. The van der Waals surface area contributed by atoms with Crippen LogP contribution in [-0.2, 0) is 0 Å². The quantitative estimate of drug-likeness (QED) is 0.135. The first-order valence-electron chi connectivity index (χ1n) is 11.7. The number of hydrogen-bond donors (Lipinski definition) is 1. The van der Waals surface area contributed by atoms with Crippen molar-refractivity contribution in [2.24, 2.45) is 0 Å². The van der Waals surface area contributed by atoms with Gasteiger partial charge in [-0.2, -0.15) is 0 Å². The van der Waals surface area contributed by atoms with Crippen molar-refractivity contribution in [2.75, 3.05) is 5.73 Å². The van der Waals surface area contributed by atoms with Crippen LogP contribution in [0.5, 0.6) is 0 Å². The predicted molar refractivity (Wildman–Crippen MR) is 149 cm³/mol. The zero-order chi connectivity index (χ0) is 24.3. The fourth-order valence-electron chi connectivity index (χ4n) is 5.08. The minimum absolute atomic E-state index is 0.0436. The van der Waals surface area contributed by atoms with Crippen molar-refractivity contribution in [3.8, 4) is 11.8 Å². The molecule has 0 atom stereocenters. The van der Waals surface area contributed by atoms with Crippen molar-refractivity contribution in [3.05, 3.63) is 85.3 Å². The van der Waals surface area contributed by atoms with Gasteiger partial charge in [-0.25, -0.2) is 0 Å². The Morgan fingerprint density at radius 1 is 0.886 bits per heavy atom. The molecular weight excluding hydrogens is 519 g/mol. The topological polar surface area (TPSA) is 65.1 Å². The molecule has 6 heteroatoms. The van der Waals surface area contributed by atoms with Crippen LogP contribution >= 0.6 is 11.3 Å². The molecule has 0 saturated carbocycles. The van der Waals surface area contributed by atoms with E-state index in [1.54, 1.807) is 11.3 Å². The van der Waals surface area contributed by atoms with Crippen LogP contribution in [0.1, 0.15) is 42.7 Å². The number of fused-ring (bicyclic) bond motifs is 2. The van der Waals surface area contributed by atoms with E-state index in [2.05, 4.69) is 24.0 Å². The first kappa shape index (κ1) is 22.1. The number of nitrogens with two attached hydrogens (primary N) is 1. The Kier molecular flexibility index (Phi) is 5.30. The molecule has 6 rings (SSSR count). The first-order chi connectivity index (χ1) is 17.0. The predicted octanol–water partition coefficient (Wildman–Crippen LogP) is 5.72. The van der Waals surface area contributed by atoms with Crippen molar-refractivity contribution in [2.45, 2.75) is 32.7 Å². The fourth-order valence-corrected chi connectivity index (χ4v) is 7.59. The summed E-state index contributed by atoms with van der Waals surface area (Å²) in [5.74, 6) is 6.67. The fraction of sp³-hybridized carbons (Fsp3) is 0.172. The van der Waals surface area contributed by atoms with E-state index in [4.69, 9.17) is 5.73 Å². The molecular formula is C29H22N2O2SSe. The van der Waals surface area contributed by atoms with Gasteiger partial charge < -0.3 is 0 Å². The third-order valence-electron chi connectivity index (χ3n) is 6.78. The van der Waals surface area contributed by atoms with E-state index in [9.17, 15) is 9.59 Å². The molecule has 3 heterocycles. The van der Waals surface area contributed by atoms with Crippen molar-refractivity contribution in [3.63, 3.8) is 0 Å². The van der Waals surface area contributed by atoms with Crippen LogP contribution in [0.2, 0.25) is 0 Å². The van der Waals surface area contributed by atoms with Gasteiger partial charge in [0.05, 0.1) is 0 Å². The standard InChI is InChI=1S/C29H22N2O2SSe/c1-3-17(4-2)31-28(32)21-13-12-20-19-7-5-6-8-23(19)34-27-16(9-10-18-11-14-24(30)35-18)15-22(29(31)33)25(21)26(20)27/h5-8,11-15,17H,3-4,30H2,1-2H3. The molecule has 6 aromatic rings. The third kappa shape index (κ3) is 3.35. The average Bonchev–Trinajstić information content (AvgIpc) is 3.30. The van der Waals surface area contributed by atoms with E-state index in [-0.39, 0.29) is 31.7 Å². The van der Waals surface area contributed by atoms with Crippen LogP contribution in [0.15, 0.2) is 64.2 Å². The summed E-state index contributed by atoms with van der Waals surface area (Å²) in [6, 6.07) is 17.9. The second-order valence-corrected chi connectivity index (χ2v) is 12.1. The minimum atomic E-state index is -0.220. The van der Waals surface area contributed by atoms with Crippen LogP contribution in [0.4, 0.5) is 4.56 Å². The summed E-state index contributed by atoms with van der Waals surface area (Å²) >= 11 is 1.71. The second-order valence-electron chi connectivity index (χ2n) is 8.71. The van der Waals surface area contributed by atoms with Crippen molar-refractivity contribution < 1.29 is 0 Å². The SMILES string of the molecule is CCC(CC)n1c(=O)c2ccc3c4ccccc4sc4c(C#Cc5ccc(N)[se]5)cc(c1=O)c2c43. The van der Waals surface area contributed by atoms with Gasteiger partial charge in [0, 0.05) is 0 Å². The number of nitrogens with zero attached hydrogens (tertiary/aromatic N) is 1. The van der Waals surface area contributed by atoms with Crippen LogP contribution in [0.25, 0.3) is 41.7 Å². The van der Waals surface area contributed by atoms with Gasteiger partial charge in [-0.1, -0.05) is 0 Å². The summed E-state index contributed by atoms with van der Waals surface area (Å²) in [6.07, 6.45) is 1.45. The molecule has 0 radical (unpaired) electrons. The second kappa shape index (κ2) is 8.39. The maximum atomic E-state index is 13.8. The number of hydrogen-bond acceptors (Lipinski definition) is 4. The maximum absolute atomic E-state index is 13.8. The molecule has 0 amide bonds. The normalized spacial score (nSPS) is 11.7. The number of nitrogen functional groups attached to an aromatic ring is 1. The van der Waals surface area contributed by atoms with Crippen LogP contribution in [0.3, 0.4) is 0 Å². The van der Waals surface area contributed by atoms with Gasteiger partial charge in [-0.3, -0.25) is 0 Å². The molecule has 0 aliphatic rings. The molecule has 0 aliphatic heterocycles. The number of anilines is 1. The summed E-state index contributed by atoms with van der Waals surface area (Å²) in [4.78, 5) is 27.4. The average molecular weight is 542 g/mol. The van der Waals surface area contributed by atoms with E-state index in [1.807, 2.05) is 56.3 Å². The Morgan fingerprint density at radius 2 is 1.63 bits per heavy atom. The van der Waals surface area contributed by atoms with Crippen molar-refractivity contribution >= 4 is 72.1 Å². The van der Waals surface area contributed by atoms with Crippen LogP contribution in [0, 0.1) is 11.8 Å². The number of aromatic nitrogens is 1. The van der Waals surface area contributed by atoms with Gasteiger partial charge in [0.2, 0.25) is 0 Å². The van der Waals surface area contributed by atoms with Gasteiger partial charge in [0.15, 0.2) is 0 Å². The van der Waals surface area contributed by atoms with E-state index in [0.29, 0.717) is 10.8 Å². The number of pyridine rings is 1. The van der Waals surface area contributed by atoms with E-state index in [1.165, 1.54) is 4.57 Å². The molecule has 3 aromatic carbocycles. The molecule has 4 nitrogen and oxygen atoms in total. The molecule has 0 bridgehead atoms. The van der Waals surface area contributed by atoms with Crippen LogP contribution < -0.4 is 16.9 Å². The van der Waals surface area contributed by atoms with Gasteiger partial charge in [-0.05, 0) is 0 Å². The molecule has 35 heavy (non-hydrogen) atoms. The molecule has 0 unspecified atom stereocenters. The molecule has 172 valence electrons. The Labute approximate surface area is 211 Å².